The molecule has 0 aliphatic heterocycles. The molecule has 0 spiro atoms. The molecule has 0 heterocycles. The fourth-order valence-electron chi connectivity index (χ4n) is 1.67. The van der Waals surface area contributed by atoms with E-state index in [1.54, 1.807) is 6.07 Å². The number of carbonyl (C=O) groups excluding carboxylic acids is 1. The molecule has 1 amide bonds. The van der Waals surface area contributed by atoms with Gasteiger partial charge in [0.1, 0.15) is 5.75 Å². The van der Waals surface area contributed by atoms with Crippen molar-refractivity contribution in [3.63, 3.8) is 0 Å². The van der Waals surface area contributed by atoms with Gasteiger partial charge >= 0.3 is 0 Å². The molecule has 0 aromatic heterocycles. The highest BCUT2D eigenvalue weighted by Crippen LogP contribution is 2.24. The number of nitrogens with one attached hydrogen (secondary N) is 1. The molecule has 88 valence electrons. The van der Waals surface area contributed by atoms with Crippen molar-refractivity contribution in [2.24, 2.45) is 0 Å². The fraction of sp³-hybridized carbons (Fsp3) is 0.462. The summed E-state index contributed by atoms with van der Waals surface area (Å²) in [4.78, 5) is 10.3. The highest BCUT2D eigenvalue weighted by Gasteiger charge is 2.01. The zero-order valence-corrected chi connectivity index (χ0v) is 9.70. The van der Waals surface area contributed by atoms with Gasteiger partial charge in [0.25, 0.3) is 0 Å². The summed E-state index contributed by atoms with van der Waals surface area (Å²) in [6, 6.07) is 5.36. The minimum Gasteiger partial charge on any atom is -0.506 e. The predicted octanol–water partition coefficient (Wildman–Crippen LogP) is 3.08. The van der Waals surface area contributed by atoms with Crippen molar-refractivity contribution >= 4 is 12.1 Å². The van der Waals surface area contributed by atoms with Crippen molar-refractivity contribution in [1.82, 2.24) is 0 Å². The Bertz CT molecular complexity index is 337. The molecule has 0 saturated heterocycles. The molecule has 0 unspecified atom stereocenters. The molecular formula is C13H19NO2. The van der Waals surface area contributed by atoms with Crippen LogP contribution < -0.4 is 5.32 Å². The molecule has 1 aromatic rings. The summed E-state index contributed by atoms with van der Waals surface area (Å²) in [7, 11) is 0. The van der Waals surface area contributed by atoms with Gasteiger partial charge in [0.2, 0.25) is 6.41 Å². The number of rotatable bonds is 7. The molecule has 3 heteroatoms. The average molecular weight is 221 g/mol. The van der Waals surface area contributed by atoms with E-state index in [1.165, 1.54) is 19.3 Å². The van der Waals surface area contributed by atoms with Crippen LogP contribution in [0.3, 0.4) is 0 Å². The first-order valence-corrected chi connectivity index (χ1v) is 5.80. The molecule has 1 aromatic carbocycles. The third-order valence-corrected chi connectivity index (χ3v) is 2.59. The zero-order valence-electron chi connectivity index (χ0n) is 9.70. The molecule has 0 bridgehead atoms. The van der Waals surface area contributed by atoms with Crippen molar-refractivity contribution in [2.75, 3.05) is 5.32 Å². The van der Waals surface area contributed by atoms with Crippen LogP contribution in [0.15, 0.2) is 18.2 Å². The van der Waals surface area contributed by atoms with Crippen LogP contribution in [0.4, 0.5) is 5.69 Å². The topological polar surface area (TPSA) is 49.3 Å². The van der Waals surface area contributed by atoms with Crippen LogP contribution in [-0.4, -0.2) is 11.5 Å². The van der Waals surface area contributed by atoms with Gasteiger partial charge in [-0.05, 0) is 30.5 Å². The minimum atomic E-state index is 0.115. The van der Waals surface area contributed by atoms with E-state index < -0.39 is 0 Å². The number of amides is 1. The highest BCUT2D eigenvalue weighted by molar-refractivity contribution is 5.75. The zero-order chi connectivity index (χ0) is 11.8. The number of hydrogen-bond acceptors (Lipinski definition) is 2. The number of phenols is 1. The number of benzene rings is 1. The monoisotopic (exact) mass is 221 g/mol. The smallest absolute Gasteiger partial charge is 0.211 e. The Hall–Kier alpha value is -1.51. The molecule has 3 nitrogen and oxygen atoms in total. The van der Waals surface area contributed by atoms with Gasteiger partial charge in [-0.2, -0.15) is 0 Å². The molecule has 16 heavy (non-hydrogen) atoms. The predicted molar refractivity (Wildman–Crippen MR) is 65.6 cm³/mol. The van der Waals surface area contributed by atoms with Crippen LogP contribution in [0, 0.1) is 0 Å². The second kappa shape index (κ2) is 6.88. The van der Waals surface area contributed by atoms with Gasteiger partial charge in [-0.1, -0.05) is 32.3 Å². The summed E-state index contributed by atoms with van der Waals surface area (Å²) in [6.45, 7) is 2.19. The van der Waals surface area contributed by atoms with Crippen molar-refractivity contribution < 1.29 is 9.90 Å². The van der Waals surface area contributed by atoms with Gasteiger partial charge in [0.15, 0.2) is 0 Å². The second-order valence-corrected chi connectivity index (χ2v) is 3.92. The number of phenolic OH excluding ortho intramolecular Hbond substituents is 1. The van der Waals surface area contributed by atoms with E-state index in [0.717, 1.165) is 18.4 Å². The maximum atomic E-state index is 10.3. The van der Waals surface area contributed by atoms with E-state index in [2.05, 4.69) is 12.2 Å². The Balaban J connectivity index is 2.53. The Morgan fingerprint density at radius 1 is 1.31 bits per heavy atom. The molecule has 0 aliphatic carbocycles. The van der Waals surface area contributed by atoms with E-state index in [0.29, 0.717) is 12.1 Å². The first-order chi connectivity index (χ1) is 7.77. The van der Waals surface area contributed by atoms with Gasteiger partial charge in [-0.15, -0.1) is 0 Å². The number of aromatic hydroxyl groups is 1. The van der Waals surface area contributed by atoms with Crippen LogP contribution in [0.1, 0.15) is 38.2 Å². The van der Waals surface area contributed by atoms with Crippen LogP contribution in [0.2, 0.25) is 0 Å². The van der Waals surface area contributed by atoms with Gasteiger partial charge < -0.3 is 10.4 Å². The molecule has 1 rings (SSSR count). The first kappa shape index (κ1) is 12.6. The Labute approximate surface area is 96.5 Å². The fourth-order valence-corrected chi connectivity index (χ4v) is 1.67. The second-order valence-electron chi connectivity index (χ2n) is 3.92. The molecule has 0 fully saturated rings. The summed E-state index contributed by atoms with van der Waals surface area (Å²) in [5.74, 6) is 0.115. The Kier molecular flexibility index (Phi) is 5.40. The van der Waals surface area contributed by atoms with Crippen molar-refractivity contribution in [3.8, 4) is 5.75 Å². The molecule has 0 aliphatic rings. The highest BCUT2D eigenvalue weighted by atomic mass is 16.3. The van der Waals surface area contributed by atoms with Gasteiger partial charge in [-0.3, -0.25) is 4.79 Å². The standard InChI is InChI=1S/C13H19NO2/c1-2-3-4-5-6-11-7-8-13(16)12(9-11)14-10-15/h7-10,16H,2-6H2,1H3,(H,14,15). The van der Waals surface area contributed by atoms with E-state index in [4.69, 9.17) is 0 Å². The summed E-state index contributed by atoms with van der Waals surface area (Å²) in [5.41, 5.74) is 1.64. The summed E-state index contributed by atoms with van der Waals surface area (Å²) < 4.78 is 0. The summed E-state index contributed by atoms with van der Waals surface area (Å²) in [6.07, 6.45) is 6.45. The summed E-state index contributed by atoms with van der Waals surface area (Å²) in [5, 5.41) is 11.9. The lowest BCUT2D eigenvalue weighted by molar-refractivity contribution is -0.105. The molecule has 0 radical (unpaired) electrons. The summed E-state index contributed by atoms with van der Waals surface area (Å²) >= 11 is 0. The van der Waals surface area contributed by atoms with E-state index >= 15 is 0 Å². The van der Waals surface area contributed by atoms with E-state index in [-0.39, 0.29) is 5.75 Å². The van der Waals surface area contributed by atoms with Crippen LogP contribution in [-0.2, 0) is 11.2 Å². The quantitative estimate of drug-likeness (QED) is 0.422. The minimum absolute atomic E-state index is 0.115. The van der Waals surface area contributed by atoms with Crippen LogP contribution in [0.5, 0.6) is 5.75 Å². The van der Waals surface area contributed by atoms with Crippen molar-refractivity contribution in [1.29, 1.82) is 0 Å². The number of unbranched alkanes of at least 4 members (excludes halogenated alkanes) is 3. The van der Waals surface area contributed by atoms with Crippen LogP contribution in [0.25, 0.3) is 0 Å². The molecule has 0 saturated carbocycles. The lowest BCUT2D eigenvalue weighted by Gasteiger charge is -2.06. The third kappa shape index (κ3) is 3.93. The molecule has 0 atom stereocenters. The van der Waals surface area contributed by atoms with E-state index in [9.17, 15) is 9.90 Å². The van der Waals surface area contributed by atoms with Crippen molar-refractivity contribution in [3.05, 3.63) is 23.8 Å². The van der Waals surface area contributed by atoms with Crippen molar-refractivity contribution in [2.45, 2.75) is 39.0 Å². The average Bonchev–Trinajstić information content (AvgIpc) is 2.29. The van der Waals surface area contributed by atoms with Gasteiger partial charge in [0.05, 0.1) is 5.69 Å². The maximum absolute atomic E-state index is 10.3. The van der Waals surface area contributed by atoms with E-state index in [1.807, 2.05) is 12.1 Å². The number of anilines is 1. The molecule has 2 N–H and O–H groups in total. The normalized spacial score (nSPS) is 10.1. The molecular weight excluding hydrogens is 202 g/mol. The van der Waals surface area contributed by atoms with Gasteiger partial charge in [-0.25, -0.2) is 0 Å². The lowest BCUT2D eigenvalue weighted by atomic mass is 10.1. The largest absolute Gasteiger partial charge is 0.506 e. The van der Waals surface area contributed by atoms with Gasteiger partial charge in [0, 0.05) is 0 Å². The Morgan fingerprint density at radius 3 is 2.81 bits per heavy atom. The number of carbonyl (C=O) groups is 1. The maximum Gasteiger partial charge on any atom is 0.211 e. The lowest BCUT2D eigenvalue weighted by Crippen LogP contribution is -1.95. The number of hydrogen-bond donors (Lipinski definition) is 2. The third-order valence-electron chi connectivity index (χ3n) is 2.59. The number of aryl methyl sites for hydroxylation is 1. The first-order valence-electron chi connectivity index (χ1n) is 5.80. The SMILES string of the molecule is CCCCCCc1ccc(O)c(NC=O)c1. The van der Waals surface area contributed by atoms with Crippen LogP contribution >= 0.6 is 0 Å². The Morgan fingerprint density at radius 2 is 2.12 bits per heavy atom.